The molecule has 10 rings (SSSR count). The van der Waals surface area contributed by atoms with E-state index in [2.05, 4.69) is 75.9 Å². The van der Waals surface area contributed by atoms with E-state index in [0.29, 0.717) is 6.07 Å². The van der Waals surface area contributed by atoms with Gasteiger partial charge in [0.25, 0.3) is 60.7 Å². The first kappa shape index (κ1) is 82.9. The number of benzene rings is 10. The van der Waals surface area contributed by atoms with Crippen LogP contribution in [0.3, 0.4) is 0 Å². The second kappa shape index (κ2) is 33.5. The van der Waals surface area contributed by atoms with E-state index in [9.17, 15) is 109 Å². The predicted molar refractivity (Wildman–Crippen MR) is 389 cm³/mol. The number of rotatable bonds is 31. The van der Waals surface area contributed by atoms with Crippen LogP contribution >= 0.6 is 24.1 Å². The van der Waals surface area contributed by atoms with Crippen LogP contribution in [0.2, 0.25) is 0 Å². The SMILES string of the molecule is COC=Nc1ccc(S(=O)(=O)O)c(N=Nc2c(SOOO)cc3c(S(=O)(=O)O)c(N=Nc4c(SOOO)cc5c(N=Nc6ccc7cc(S(=O)(=O)O)c(N=Nc8cc(C)c(N=Nc9cc(S(=O)(=O)O)cc%10cc(S(=O)(=O)O)cc(O)c9%10)cc8OCCO)c(O)c7c6)c(NCCCS(=O)(=O)O)ccc5c4O)ccc3c2O)c1. The number of fused-ring (bicyclic) bond motifs is 4. The van der Waals surface area contributed by atoms with Gasteiger partial charge in [-0.1, -0.05) is 16.1 Å². The van der Waals surface area contributed by atoms with Gasteiger partial charge in [0.1, 0.15) is 72.6 Å². The number of azo groups is 5. The monoisotopic (exact) mass is 1690 g/mol. The second-order valence-corrected chi connectivity index (χ2v) is 32.4. The molecule has 0 aromatic heterocycles. The molecular formula is C60H50N12O31S8. The van der Waals surface area contributed by atoms with Crippen molar-refractivity contribution in [2.75, 3.05) is 37.9 Å². The molecule has 0 spiro atoms. The minimum atomic E-state index is -5.51. The van der Waals surface area contributed by atoms with E-state index in [1.807, 2.05) is 0 Å². The van der Waals surface area contributed by atoms with Crippen molar-refractivity contribution in [1.29, 1.82) is 0 Å². The number of aliphatic hydroxyl groups excluding tert-OH is 1. The molecular weight excluding hydrogens is 1640 g/mol. The number of aryl methyl sites for hydroxylation is 1. The van der Waals surface area contributed by atoms with Gasteiger partial charge in [-0.05, 0) is 127 Å². The van der Waals surface area contributed by atoms with Crippen LogP contribution < -0.4 is 10.1 Å². The third kappa shape index (κ3) is 19.4. The maximum absolute atomic E-state index is 13.4. The number of hydrogen-bond donors (Lipinski definition) is 14. The summed E-state index contributed by atoms with van der Waals surface area (Å²) in [6.07, 6.45) is 0.751. The molecule has 43 nitrogen and oxygen atoms in total. The molecule has 111 heavy (non-hydrogen) atoms. The number of hydrogen-bond acceptors (Lipinski definition) is 39. The van der Waals surface area contributed by atoms with Crippen LogP contribution in [0.25, 0.3) is 43.1 Å². The molecule has 0 bridgehead atoms. The van der Waals surface area contributed by atoms with E-state index in [-0.39, 0.29) is 120 Å². The molecule has 0 aliphatic heterocycles. The van der Waals surface area contributed by atoms with Crippen LogP contribution in [0.4, 0.5) is 68.2 Å². The van der Waals surface area contributed by atoms with Gasteiger partial charge in [-0.2, -0.15) is 60.7 Å². The van der Waals surface area contributed by atoms with Gasteiger partial charge in [-0.25, -0.2) is 15.5 Å². The van der Waals surface area contributed by atoms with Gasteiger partial charge < -0.3 is 40.3 Å². The van der Waals surface area contributed by atoms with Crippen LogP contribution in [0.5, 0.6) is 28.7 Å². The molecule has 0 amide bonds. The lowest BCUT2D eigenvalue weighted by atomic mass is 10.0. The number of phenols is 4. The number of methoxy groups -OCH3 is 1. The third-order valence-electron chi connectivity index (χ3n) is 15.2. The van der Waals surface area contributed by atoms with Crippen molar-refractivity contribution in [3.05, 3.63) is 121 Å². The van der Waals surface area contributed by atoms with E-state index in [4.69, 9.17) is 19.1 Å². The van der Waals surface area contributed by atoms with Gasteiger partial charge in [0.2, 0.25) is 0 Å². The third-order valence-corrected chi connectivity index (χ3v) is 21.6. The van der Waals surface area contributed by atoms with Crippen molar-refractivity contribution in [3.63, 3.8) is 0 Å². The molecule has 584 valence electrons. The van der Waals surface area contributed by atoms with Crippen molar-refractivity contribution in [3.8, 4) is 28.7 Å². The van der Waals surface area contributed by atoms with Crippen molar-refractivity contribution in [2.24, 2.45) is 56.1 Å². The maximum Gasteiger partial charge on any atom is 0.297 e. The Morgan fingerprint density at radius 3 is 1.63 bits per heavy atom. The van der Waals surface area contributed by atoms with Crippen LogP contribution in [0.1, 0.15) is 12.0 Å². The van der Waals surface area contributed by atoms with Gasteiger partial charge in [-0.3, -0.25) is 27.3 Å². The lowest BCUT2D eigenvalue weighted by molar-refractivity contribution is -0.432. The molecule has 0 aliphatic rings. The minimum absolute atomic E-state index is 0.0158. The van der Waals surface area contributed by atoms with Gasteiger partial charge in [0, 0.05) is 45.6 Å². The molecule has 10 aromatic rings. The number of anilines is 1. The summed E-state index contributed by atoms with van der Waals surface area (Å²) in [6, 6.07) is 19.6. The number of ether oxygens (including phenoxy) is 2. The fourth-order valence-electron chi connectivity index (χ4n) is 10.4. The van der Waals surface area contributed by atoms with Gasteiger partial charge >= 0.3 is 0 Å². The first-order valence-corrected chi connectivity index (χ1v) is 40.3. The highest BCUT2D eigenvalue weighted by Gasteiger charge is 2.29. The van der Waals surface area contributed by atoms with Crippen LogP contribution in [-0.4, -0.2) is 153 Å². The summed E-state index contributed by atoms with van der Waals surface area (Å²) in [5.41, 5.74) is -4.45. The number of aromatic hydroxyl groups is 4. The summed E-state index contributed by atoms with van der Waals surface area (Å²) in [7, 11) is -29.1. The summed E-state index contributed by atoms with van der Waals surface area (Å²) in [5, 5.41) is 124. The lowest BCUT2D eigenvalue weighted by Gasteiger charge is -2.15. The molecule has 10 aromatic carbocycles. The average molecular weight is 1690 g/mol. The van der Waals surface area contributed by atoms with E-state index < -0.39 is 177 Å². The van der Waals surface area contributed by atoms with Crippen molar-refractivity contribution >= 4 is 203 Å². The molecule has 0 unspecified atom stereocenters. The Balaban J connectivity index is 1.05. The highest BCUT2D eigenvalue weighted by atomic mass is 32.2. The zero-order chi connectivity index (χ0) is 80.9. The predicted octanol–water partition coefficient (Wildman–Crippen LogP) is 14.0. The summed E-state index contributed by atoms with van der Waals surface area (Å²) >= 11 is 0.197. The summed E-state index contributed by atoms with van der Waals surface area (Å²) in [6.45, 7) is 0.170. The standard InChI is InChI=1S/C60H50N12O31S8/c1-28-16-43(47(99-14-13-73)26-42(28)65-68-45-22-33(107(83,84)85)17-30-18-34(108(86,87)88)23-46(74)52(30)45)66-72-56-51(110(92,93)94)19-29-4-5-32(20-37(29)59(56)77)63-69-53-38-24-48(104-102-100-78)54(57(75)35(38)7-9-40(53)61-12-3-15-106(80,81)82)70-64-41-10-8-36-39(60(41)111(95,96)97)25-49(105-103-101-79)55(58(36)76)71-67-44-21-31(62-27-98-2)6-11-50(44)109(89,90)91/h4-11,16-27,61,73-79H,3,12-15H2,1-2H3,(H,80,81,82)(H,83,84,85)(H,86,87,88)(H,89,90,91)(H,92,93,94)(H,95,96,97). The highest BCUT2D eigenvalue weighted by Crippen LogP contribution is 2.52. The number of aliphatic imine (C=N–C) groups is 1. The molecule has 0 aliphatic carbocycles. The Hall–Kier alpha value is -10.6. The van der Waals surface area contributed by atoms with Gasteiger partial charge in [0.15, 0.2) is 23.6 Å². The first-order chi connectivity index (χ1) is 52.2. The number of nitrogens with one attached hydrogen (secondary N) is 1. The zero-order valence-electron chi connectivity index (χ0n) is 55.4. The normalized spacial score (nSPS) is 13.0. The quantitative estimate of drug-likeness (QED) is 0.00280. The Morgan fingerprint density at radius 2 is 1.03 bits per heavy atom. The van der Waals surface area contributed by atoms with Crippen LogP contribution in [-0.2, 0) is 84.2 Å². The molecule has 0 fully saturated rings. The Morgan fingerprint density at radius 1 is 0.468 bits per heavy atom. The van der Waals surface area contributed by atoms with Crippen molar-refractivity contribution in [1.82, 2.24) is 0 Å². The topological polar surface area (TPSA) is 671 Å². The summed E-state index contributed by atoms with van der Waals surface area (Å²) in [4.78, 5) is -1.51. The number of nitrogens with zero attached hydrogens (tertiary/aromatic N) is 11. The molecule has 14 N–H and O–H groups in total. The first-order valence-electron chi connectivity index (χ1n) is 30.0. The van der Waals surface area contributed by atoms with Crippen LogP contribution in [0, 0.1) is 6.92 Å². The molecule has 0 saturated carbocycles. The van der Waals surface area contributed by atoms with E-state index in [0.717, 1.165) is 79.2 Å². The lowest BCUT2D eigenvalue weighted by Crippen LogP contribution is -2.10. The van der Waals surface area contributed by atoms with Crippen molar-refractivity contribution in [2.45, 2.75) is 47.6 Å². The summed E-state index contributed by atoms with van der Waals surface area (Å²) < 4.78 is 229. The average Bonchev–Trinajstić information content (AvgIpc) is 0.763. The fraction of sp³-hybridized carbons (Fsp3) is 0.117. The Kier molecular flexibility index (Phi) is 25.0. The molecule has 0 radical (unpaired) electrons. The van der Waals surface area contributed by atoms with E-state index in [1.165, 1.54) is 50.4 Å². The number of phenolic OH excluding ortho intramolecular Hbond substituents is 4. The van der Waals surface area contributed by atoms with Gasteiger partial charge in [0.05, 0.1) is 97.0 Å². The second-order valence-electron chi connectivity index (χ2n) is 22.4. The molecule has 51 heteroatoms. The maximum atomic E-state index is 13.4. The largest absolute Gasteiger partial charge is 0.507 e. The smallest absolute Gasteiger partial charge is 0.297 e. The molecule has 0 heterocycles. The van der Waals surface area contributed by atoms with Crippen LogP contribution in [0.15, 0.2) is 206 Å². The molecule has 0 saturated heterocycles. The number of aliphatic hydroxyl groups is 1. The zero-order valence-corrected chi connectivity index (χ0v) is 62.0. The van der Waals surface area contributed by atoms with Crippen molar-refractivity contribution < 1.29 is 142 Å². The van der Waals surface area contributed by atoms with E-state index in [1.54, 1.807) is 0 Å². The Bertz CT molecular complexity index is 6370. The molecule has 0 atom stereocenters. The minimum Gasteiger partial charge on any atom is -0.507 e. The fourth-order valence-corrected chi connectivity index (χ4v) is 15.0. The Labute approximate surface area is 631 Å². The summed E-state index contributed by atoms with van der Waals surface area (Å²) in [5.74, 6) is -4.57. The highest BCUT2D eigenvalue weighted by molar-refractivity contribution is 7.95. The van der Waals surface area contributed by atoms with Gasteiger partial charge in [-0.15, -0.1) is 49.6 Å². The van der Waals surface area contributed by atoms with E-state index >= 15 is 0 Å².